The molecule has 1 aliphatic heterocycles. The van der Waals surface area contributed by atoms with Gasteiger partial charge in [-0.1, -0.05) is 0 Å². The van der Waals surface area contributed by atoms with Crippen molar-refractivity contribution < 1.29 is 28.5 Å². The van der Waals surface area contributed by atoms with Crippen molar-refractivity contribution in [1.29, 1.82) is 0 Å². The maximum Gasteiger partial charge on any atom is 0.410 e. The number of carbonyl (C=O) groups is 2. The van der Waals surface area contributed by atoms with Crippen LogP contribution in [0.3, 0.4) is 0 Å². The summed E-state index contributed by atoms with van der Waals surface area (Å²) in [4.78, 5) is 30.4. The first-order valence-corrected chi connectivity index (χ1v) is 8.94. The Labute approximate surface area is 159 Å². The van der Waals surface area contributed by atoms with Crippen LogP contribution in [0.2, 0.25) is 0 Å². The van der Waals surface area contributed by atoms with Crippen LogP contribution in [0.15, 0.2) is 12.3 Å². The number of methoxy groups -OCH3 is 2. The van der Waals surface area contributed by atoms with Crippen molar-refractivity contribution in [2.45, 2.75) is 58.3 Å². The van der Waals surface area contributed by atoms with Crippen LogP contribution in [-0.2, 0) is 9.47 Å². The lowest BCUT2D eigenvalue weighted by Crippen LogP contribution is -2.50. The minimum absolute atomic E-state index is 0.0399. The average Bonchev–Trinajstić information content (AvgIpc) is 2.60. The molecule has 1 aliphatic rings. The third-order valence-corrected chi connectivity index (χ3v) is 4.23. The number of likely N-dealkylation sites (tertiary alicyclic amines) is 1. The predicted octanol–water partition coefficient (Wildman–Crippen LogP) is 3.04. The highest BCUT2D eigenvalue weighted by atomic mass is 16.6. The lowest BCUT2D eigenvalue weighted by molar-refractivity contribution is -0.00634. The van der Waals surface area contributed by atoms with E-state index in [1.807, 2.05) is 27.7 Å². The maximum atomic E-state index is 12.5. The summed E-state index contributed by atoms with van der Waals surface area (Å²) in [6, 6.07) is 1.60. The Hall–Kier alpha value is -2.51. The van der Waals surface area contributed by atoms with Gasteiger partial charge in [-0.3, -0.25) is 0 Å². The summed E-state index contributed by atoms with van der Waals surface area (Å²) in [6.45, 7) is 7.81. The normalized spacial score (nSPS) is 20.0. The molecule has 1 aromatic heterocycles. The van der Waals surface area contributed by atoms with Gasteiger partial charge in [-0.25, -0.2) is 14.6 Å². The molecule has 1 fully saturated rings. The van der Waals surface area contributed by atoms with E-state index in [1.54, 1.807) is 11.0 Å². The Bertz CT molecular complexity index is 685. The van der Waals surface area contributed by atoms with Crippen LogP contribution < -0.4 is 9.47 Å². The molecule has 1 amide bonds. The number of ether oxygens (including phenoxy) is 4. The highest BCUT2D eigenvalue weighted by Crippen LogP contribution is 2.30. The van der Waals surface area contributed by atoms with E-state index < -0.39 is 11.6 Å². The van der Waals surface area contributed by atoms with Crippen LogP contribution in [0.25, 0.3) is 0 Å². The van der Waals surface area contributed by atoms with Gasteiger partial charge in [-0.2, -0.15) is 0 Å². The number of aromatic nitrogens is 1. The first kappa shape index (κ1) is 20.8. The first-order valence-electron chi connectivity index (χ1n) is 8.94. The van der Waals surface area contributed by atoms with Crippen molar-refractivity contribution in [2.75, 3.05) is 20.8 Å². The van der Waals surface area contributed by atoms with Gasteiger partial charge in [0.25, 0.3) is 0 Å². The number of hydrogen-bond acceptors (Lipinski definition) is 7. The summed E-state index contributed by atoms with van der Waals surface area (Å²) in [5.41, 5.74) is -0.443. The number of amides is 1. The second-order valence-electron chi connectivity index (χ2n) is 7.48. The molecule has 8 nitrogen and oxygen atoms in total. The Kier molecular flexibility index (Phi) is 6.51. The van der Waals surface area contributed by atoms with Gasteiger partial charge in [-0.15, -0.1) is 0 Å². The van der Waals surface area contributed by atoms with Crippen LogP contribution in [0, 0.1) is 0 Å². The Morgan fingerprint density at radius 3 is 2.52 bits per heavy atom. The third-order valence-electron chi connectivity index (χ3n) is 4.23. The lowest BCUT2D eigenvalue weighted by Gasteiger charge is -2.38. The molecule has 0 aliphatic carbocycles. The molecule has 27 heavy (non-hydrogen) atoms. The number of rotatable bonds is 4. The summed E-state index contributed by atoms with van der Waals surface area (Å²) in [5.74, 6) is -0.145. The Morgan fingerprint density at radius 2 is 1.93 bits per heavy atom. The molecule has 0 bridgehead atoms. The van der Waals surface area contributed by atoms with Gasteiger partial charge < -0.3 is 23.8 Å². The van der Waals surface area contributed by atoms with Gasteiger partial charge in [0, 0.05) is 12.2 Å². The zero-order chi connectivity index (χ0) is 20.2. The molecular formula is C19H28N2O6. The van der Waals surface area contributed by atoms with E-state index in [0.717, 1.165) is 12.8 Å². The highest BCUT2D eigenvalue weighted by molar-refractivity contribution is 5.94. The van der Waals surface area contributed by atoms with Crippen molar-refractivity contribution in [3.63, 3.8) is 0 Å². The average molecular weight is 380 g/mol. The van der Waals surface area contributed by atoms with E-state index in [-0.39, 0.29) is 29.7 Å². The fraction of sp³-hybridized carbons (Fsp3) is 0.632. The summed E-state index contributed by atoms with van der Waals surface area (Å²) in [7, 11) is 2.74. The zero-order valence-electron chi connectivity index (χ0n) is 16.8. The molecule has 8 heteroatoms. The molecule has 0 saturated carbocycles. The van der Waals surface area contributed by atoms with E-state index in [2.05, 4.69) is 4.98 Å². The number of hydrogen-bond donors (Lipinski definition) is 0. The van der Waals surface area contributed by atoms with Gasteiger partial charge in [-0.05, 0) is 46.6 Å². The maximum absolute atomic E-state index is 12.5. The van der Waals surface area contributed by atoms with Crippen molar-refractivity contribution >= 4 is 12.1 Å². The molecule has 2 atom stereocenters. The van der Waals surface area contributed by atoms with E-state index in [4.69, 9.17) is 18.9 Å². The predicted molar refractivity (Wildman–Crippen MR) is 98.2 cm³/mol. The first-order chi connectivity index (χ1) is 12.7. The van der Waals surface area contributed by atoms with Gasteiger partial charge in [0.05, 0.1) is 20.8 Å². The summed E-state index contributed by atoms with van der Waals surface area (Å²) >= 11 is 0. The molecule has 0 N–H and O–H groups in total. The number of carbonyl (C=O) groups excluding carboxylic acids is 2. The summed E-state index contributed by atoms with van der Waals surface area (Å²) in [5, 5.41) is 0. The van der Waals surface area contributed by atoms with Crippen LogP contribution in [-0.4, -0.2) is 60.5 Å². The fourth-order valence-corrected chi connectivity index (χ4v) is 2.88. The lowest BCUT2D eigenvalue weighted by atomic mass is 10.0. The smallest absolute Gasteiger partial charge is 0.410 e. The van der Waals surface area contributed by atoms with E-state index in [0.29, 0.717) is 12.3 Å². The minimum Gasteiger partial charge on any atom is -0.496 e. The van der Waals surface area contributed by atoms with Crippen molar-refractivity contribution in [3.05, 3.63) is 17.8 Å². The van der Waals surface area contributed by atoms with Crippen molar-refractivity contribution in [1.82, 2.24) is 9.88 Å². The van der Waals surface area contributed by atoms with Crippen molar-refractivity contribution in [2.24, 2.45) is 0 Å². The third kappa shape index (κ3) is 5.24. The molecule has 0 unspecified atom stereocenters. The van der Waals surface area contributed by atoms with Crippen LogP contribution >= 0.6 is 0 Å². The molecule has 2 rings (SSSR count). The zero-order valence-corrected chi connectivity index (χ0v) is 16.8. The second-order valence-corrected chi connectivity index (χ2v) is 7.48. The number of nitrogens with zero attached hydrogens (tertiary/aromatic N) is 2. The van der Waals surface area contributed by atoms with Gasteiger partial charge in [0.15, 0.2) is 5.56 Å². The number of piperidine rings is 1. The van der Waals surface area contributed by atoms with Gasteiger partial charge >= 0.3 is 12.1 Å². The highest BCUT2D eigenvalue weighted by Gasteiger charge is 2.34. The van der Waals surface area contributed by atoms with Gasteiger partial charge in [0.1, 0.15) is 17.5 Å². The molecule has 0 aromatic carbocycles. The SMILES string of the molecule is COC(=O)c1c(OC)ccnc1O[C@@H]1CC[C@@H](C)N(C(=O)OC(C)(C)C)C1. The Morgan fingerprint density at radius 1 is 1.22 bits per heavy atom. The molecule has 2 heterocycles. The topological polar surface area (TPSA) is 87.2 Å². The second kappa shape index (κ2) is 8.45. The molecule has 1 saturated heterocycles. The Balaban J connectivity index is 2.18. The van der Waals surface area contributed by atoms with Crippen LogP contribution in [0.1, 0.15) is 50.9 Å². The molecule has 0 radical (unpaired) electrons. The van der Waals surface area contributed by atoms with E-state index in [1.165, 1.54) is 20.4 Å². The number of pyridine rings is 1. The summed E-state index contributed by atoms with van der Waals surface area (Å²) in [6.07, 6.45) is 2.27. The van der Waals surface area contributed by atoms with Crippen LogP contribution in [0.4, 0.5) is 4.79 Å². The fourth-order valence-electron chi connectivity index (χ4n) is 2.88. The molecular weight excluding hydrogens is 352 g/mol. The van der Waals surface area contributed by atoms with Gasteiger partial charge in [0.2, 0.25) is 5.88 Å². The molecule has 0 spiro atoms. The van der Waals surface area contributed by atoms with E-state index in [9.17, 15) is 9.59 Å². The molecule has 150 valence electrons. The quantitative estimate of drug-likeness (QED) is 0.742. The summed E-state index contributed by atoms with van der Waals surface area (Å²) < 4.78 is 21.5. The van der Waals surface area contributed by atoms with Crippen molar-refractivity contribution in [3.8, 4) is 11.6 Å². The minimum atomic E-state index is -0.594. The number of esters is 1. The largest absolute Gasteiger partial charge is 0.496 e. The molecule has 1 aromatic rings. The van der Waals surface area contributed by atoms with E-state index >= 15 is 0 Å². The monoisotopic (exact) mass is 380 g/mol. The van der Waals surface area contributed by atoms with Crippen LogP contribution in [0.5, 0.6) is 11.6 Å². The standard InChI is InChI=1S/C19H28N2O6/c1-12-7-8-13(11-21(12)18(23)27-19(2,3)4)26-16-15(17(22)25-6)14(24-5)9-10-20-16/h9-10,12-13H,7-8,11H2,1-6H3/t12-,13-/m1/s1.